The zero-order chi connectivity index (χ0) is 13.4. The van der Waals surface area contributed by atoms with Crippen LogP contribution in [0.1, 0.15) is 18.1 Å². The van der Waals surface area contributed by atoms with Crippen LogP contribution >= 0.6 is 11.6 Å². The van der Waals surface area contributed by atoms with Crippen LogP contribution in [0.5, 0.6) is 0 Å². The number of halogens is 1. The zero-order valence-electron chi connectivity index (χ0n) is 10.5. The molecule has 0 spiro atoms. The fourth-order valence-corrected chi connectivity index (χ4v) is 2.37. The van der Waals surface area contributed by atoms with Crippen molar-refractivity contribution in [1.82, 2.24) is 4.57 Å². The van der Waals surface area contributed by atoms with Crippen molar-refractivity contribution >= 4 is 34.5 Å². The fraction of sp³-hybridized carbons (Fsp3) is 0.214. The predicted molar refractivity (Wildman–Crippen MR) is 74.0 cm³/mol. The molecule has 3 nitrogen and oxygen atoms in total. The average Bonchev–Trinajstić information content (AvgIpc) is 2.55. The first-order valence-electron chi connectivity index (χ1n) is 5.58. The number of para-hydroxylation sites is 1. The third-order valence-electron chi connectivity index (χ3n) is 3.08. The zero-order valence-corrected chi connectivity index (χ0v) is 11.2. The van der Waals surface area contributed by atoms with Crippen molar-refractivity contribution in [3.05, 3.63) is 40.1 Å². The van der Waals surface area contributed by atoms with Crippen molar-refractivity contribution in [3.63, 3.8) is 0 Å². The Bertz CT molecular complexity index is 668. The smallest absolute Gasteiger partial charge is 0.331 e. The fourth-order valence-electron chi connectivity index (χ4n) is 2.13. The highest BCUT2D eigenvalue weighted by molar-refractivity contribution is 6.33. The van der Waals surface area contributed by atoms with Crippen LogP contribution in [0.25, 0.3) is 17.0 Å². The number of aromatic nitrogens is 1. The number of nitrogens with zero attached hydrogens (tertiary/aromatic N) is 1. The van der Waals surface area contributed by atoms with E-state index in [1.165, 1.54) is 0 Å². The number of carbonyl (C=O) groups is 1. The Labute approximate surface area is 110 Å². The van der Waals surface area contributed by atoms with Gasteiger partial charge in [-0.15, -0.1) is 0 Å². The van der Waals surface area contributed by atoms with Gasteiger partial charge in [-0.25, -0.2) is 4.79 Å². The van der Waals surface area contributed by atoms with Gasteiger partial charge in [0.1, 0.15) is 5.15 Å². The third kappa shape index (κ3) is 1.91. The number of hydrogen-bond acceptors (Lipinski definition) is 1. The van der Waals surface area contributed by atoms with Gasteiger partial charge in [-0.1, -0.05) is 29.8 Å². The Hall–Kier alpha value is -1.74. The topological polar surface area (TPSA) is 42.2 Å². The highest BCUT2D eigenvalue weighted by Crippen LogP contribution is 2.32. The Morgan fingerprint density at radius 1 is 1.44 bits per heavy atom. The maximum Gasteiger partial charge on any atom is 0.331 e. The first-order chi connectivity index (χ1) is 8.43. The number of aryl methyl sites for hydroxylation is 2. The molecule has 0 saturated carbocycles. The largest absolute Gasteiger partial charge is 0.478 e. The molecule has 0 radical (unpaired) electrons. The van der Waals surface area contributed by atoms with E-state index >= 15 is 0 Å². The van der Waals surface area contributed by atoms with Gasteiger partial charge in [0, 0.05) is 23.6 Å². The first kappa shape index (κ1) is 12.7. The molecule has 4 heteroatoms. The van der Waals surface area contributed by atoms with Gasteiger partial charge in [0.15, 0.2) is 0 Å². The summed E-state index contributed by atoms with van der Waals surface area (Å²) in [6, 6.07) is 5.91. The van der Waals surface area contributed by atoms with E-state index < -0.39 is 5.97 Å². The number of carboxylic acids is 1. The number of carboxylic acid groups (broad SMARTS) is 1. The van der Waals surface area contributed by atoms with E-state index in [9.17, 15) is 4.79 Å². The minimum Gasteiger partial charge on any atom is -0.478 e. The standard InChI is InChI=1S/C14H14ClNO2/c1-8-5-4-6-10-11(7-9(2)14(17)18)13(15)16(3)12(8)10/h4-7H,1-3H3,(H,17,18)/b9-7+. The van der Waals surface area contributed by atoms with Gasteiger partial charge in [0.05, 0.1) is 5.52 Å². The molecule has 0 aliphatic rings. The average molecular weight is 264 g/mol. The van der Waals surface area contributed by atoms with Crippen molar-refractivity contribution in [1.29, 1.82) is 0 Å². The van der Waals surface area contributed by atoms with Crippen LogP contribution in [-0.2, 0) is 11.8 Å². The van der Waals surface area contributed by atoms with E-state index in [-0.39, 0.29) is 5.57 Å². The minimum absolute atomic E-state index is 0.269. The minimum atomic E-state index is -0.935. The lowest BCUT2D eigenvalue weighted by Gasteiger charge is -2.00. The molecule has 0 aliphatic carbocycles. The number of aliphatic carboxylic acids is 1. The Morgan fingerprint density at radius 2 is 2.11 bits per heavy atom. The summed E-state index contributed by atoms with van der Waals surface area (Å²) in [7, 11) is 1.88. The van der Waals surface area contributed by atoms with Crippen molar-refractivity contribution in [2.75, 3.05) is 0 Å². The molecule has 0 aliphatic heterocycles. The van der Waals surface area contributed by atoms with Crippen LogP contribution in [0.2, 0.25) is 5.15 Å². The summed E-state index contributed by atoms with van der Waals surface area (Å²) in [4.78, 5) is 10.9. The van der Waals surface area contributed by atoms with Crippen LogP contribution in [0.3, 0.4) is 0 Å². The lowest BCUT2D eigenvalue weighted by Crippen LogP contribution is -1.95. The summed E-state index contributed by atoms with van der Waals surface area (Å²) in [6.07, 6.45) is 1.62. The molecular weight excluding hydrogens is 250 g/mol. The quantitative estimate of drug-likeness (QED) is 0.841. The SMILES string of the molecule is C/C(=C\c1c(Cl)n(C)c2c(C)cccc12)C(=O)O. The maximum absolute atomic E-state index is 10.9. The molecule has 1 heterocycles. The summed E-state index contributed by atoms with van der Waals surface area (Å²) in [5.74, 6) is -0.935. The lowest BCUT2D eigenvalue weighted by atomic mass is 10.1. The van der Waals surface area contributed by atoms with Gasteiger partial charge in [-0.2, -0.15) is 0 Å². The van der Waals surface area contributed by atoms with E-state index in [0.29, 0.717) is 5.15 Å². The summed E-state index contributed by atoms with van der Waals surface area (Å²) in [5.41, 5.74) is 3.18. The molecule has 0 saturated heterocycles. The molecule has 0 atom stereocenters. The molecule has 0 bridgehead atoms. The molecule has 2 aromatic rings. The van der Waals surface area contributed by atoms with Crippen molar-refractivity contribution in [2.45, 2.75) is 13.8 Å². The van der Waals surface area contributed by atoms with E-state index in [0.717, 1.165) is 22.0 Å². The summed E-state index contributed by atoms with van der Waals surface area (Å²) < 4.78 is 1.88. The number of rotatable bonds is 2. The van der Waals surface area contributed by atoms with Crippen molar-refractivity contribution < 1.29 is 9.90 Å². The van der Waals surface area contributed by atoms with Crippen LogP contribution in [0.4, 0.5) is 0 Å². The summed E-state index contributed by atoms with van der Waals surface area (Å²) in [6.45, 7) is 3.57. The first-order valence-corrected chi connectivity index (χ1v) is 5.96. The van der Waals surface area contributed by atoms with Crippen molar-refractivity contribution in [2.24, 2.45) is 7.05 Å². The van der Waals surface area contributed by atoms with Crippen LogP contribution < -0.4 is 0 Å². The van der Waals surface area contributed by atoms with E-state index in [2.05, 4.69) is 0 Å². The monoisotopic (exact) mass is 263 g/mol. The molecular formula is C14H14ClNO2. The molecule has 1 aromatic carbocycles. The van der Waals surface area contributed by atoms with Gasteiger partial charge < -0.3 is 9.67 Å². The summed E-state index contributed by atoms with van der Waals surface area (Å²) in [5, 5.41) is 10.5. The molecule has 1 aromatic heterocycles. The van der Waals surface area contributed by atoms with Gasteiger partial charge >= 0.3 is 5.97 Å². The Balaban J connectivity index is 2.80. The third-order valence-corrected chi connectivity index (χ3v) is 3.54. The molecule has 0 fully saturated rings. The van der Waals surface area contributed by atoms with E-state index in [1.54, 1.807) is 13.0 Å². The number of benzene rings is 1. The van der Waals surface area contributed by atoms with E-state index in [1.807, 2.05) is 36.7 Å². The molecule has 2 rings (SSSR count). The van der Waals surface area contributed by atoms with Gasteiger partial charge in [-0.3, -0.25) is 0 Å². The van der Waals surface area contributed by atoms with Gasteiger partial charge in [-0.05, 0) is 25.5 Å². The Morgan fingerprint density at radius 3 is 2.72 bits per heavy atom. The number of fused-ring (bicyclic) bond motifs is 1. The van der Waals surface area contributed by atoms with Gasteiger partial charge in [0.25, 0.3) is 0 Å². The normalized spacial score (nSPS) is 12.1. The lowest BCUT2D eigenvalue weighted by molar-refractivity contribution is -0.132. The second-order valence-electron chi connectivity index (χ2n) is 4.37. The van der Waals surface area contributed by atoms with Gasteiger partial charge in [0.2, 0.25) is 0 Å². The molecule has 0 unspecified atom stereocenters. The maximum atomic E-state index is 10.9. The van der Waals surface area contributed by atoms with Crippen LogP contribution in [0.15, 0.2) is 23.8 Å². The number of hydrogen-bond donors (Lipinski definition) is 1. The highest BCUT2D eigenvalue weighted by atomic mass is 35.5. The van der Waals surface area contributed by atoms with E-state index in [4.69, 9.17) is 16.7 Å². The highest BCUT2D eigenvalue weighted by Gasteiger charge is 2.14. The summed E-state index contributed by atoms with van der Waals surface area (Å²) >= 11 is 6.28. The van der Waals surface area contributed by atoms with Crippen molar-refractivity contribution in [3.8, 4) is 0 Å². The second-order valence-corrected chi connectivity index (χ2v) is 4.73. The Kier molecular flexibility index (Phi) is 3.18. The van der Waals surface area contributed by atoms with Crippen LogP contribution in [-0.4, -0.2) is 15.6 Å². The molecule has 1 N–H and O–H groups in total. The molecule has 94 valence electrons. The molecule has 0 amide bonds. The molecule has 18 heavy (non-hydrogen) atoms. The van der Waals surface area contributed by atoms with Crippen LogP contribution in [0, 0.1) is 6.92 Å². The predicted octanol–water partition coefficient (Wildman–Crippen LogP) is 3.63. The second kappa shape index (κ2) is 4.50.